The van der Waals surface area contributed by atoms with Crippen LogP contribution in [0.3, 0.4) is 0 Å². The second kappa shape index (κ2) is 6.89. The monoisotopic (exact) mass is 369 g/mol. The van der Waals surface area contributed by atoms with E-state index in [1.54, 1.807) is 30.3 Å². The smallest absolute Gasteiger partial charge is 0.335 e. The number of aromatic nitrogens is 2. The Bertz CT molecular complexity index is 1240. The maximum atomic E-state index is 11.1. The van der Waals surface area contributed by atoms with Gasteiger partial charge in [-0.25, -0.2) is 9.78 Å². The molecule has 0 fully saturated rings. The van der Waals surface area contributed by atoms with Crippen LogP contribution in [0.5, 0.6) is 0 Å². The number of hydrogen-bond donors (Lipinski definition) is 2. The molecule has 0 amide bonds. The normalized spacial score (nSPS) is 11.5. The van der Waals surface area contributed by atoms with Gasteiger partial charge in [-0.05, 0) is 48.9 Å². The Morgan fingerprint density at radius 1 is 1.21 bits per heavy atom. The molecule has 6 nitrogen and oxygen atoms in total. The van der Waals surface area contributed by atoms with E-state index in [0.29, 0.717) is 22.9 Å². The van der Waals surface area contributed by atoms with E-state index in [4.69, 9.17) is 9.52 Å². The second-order valence-corrected chi connectivity index (χ2v) is 6.31. The highest BCUT2D eigenvalue weighted by Gasteiger charge is 2.12. The average Bonchev–Trinajstić information content (AvgIpc) is 3.32. The van der Waals surface area contributed by atoms with E-state index >= 15 is 0 Å². The summed E-state index contributed by atoms with van der Waals surface area (Å²) in [6, 6.07) is 18.1. The fourth-order valence-corrected chi connectivity index (χ4v) is 3.02. The molecule has 2 heterocycles. The van der Waals surface area contributed by atoms with Gasteiger partial charge in [0.2, 0.25) is 0 Å². The summed E-state index contributed by atoms with van der Waals surface area (Å²) >= 11 is 0. The van der Waals surface area contributed by atoms with Crippen molar-refractivity contribution < 1.29 is 14.3 Å². The highest BCUT2D eigenvalue weighted by Crippen LogP contribution is 2.28. The highest BCUT2D eigenvalue weighted by atomic mass is 16.4. The first kappa shape index (κ1) is 17.3. The van der Waals surface area contributed by atoms with Crippen molar-refractivity contribution in [2.45, 2.75) is 6.92 Å². The van der Waals surface area contributed by atoms with E-state index in [2.05, 4.69) is 16.0 Å². The number of furan rings is 1. The van der Waals surface area contributed by atoms with Crippen LogP contribution in [-0.2, 0) is 0 Å². The first-order valence-electron chi connectivity index (χ1n) is 8.56. The molecule has 28 heavy (non-hydrogen) atoms. The van der Waals surface area contributed by atoms with Gasteiger partial charge in [0, 0.05) is 11.6 Å². The molecule has 2 aromatic carbocycles. The lowest BCUT2D eigenvalue weighted by Gasteiger charge is -2.04. The van der Waals surface area contributed by atoms with Gasteiger partial charge in [0.15, 0.2) is 0 Å². The van der Waals surface area contributed by atoms with Gasteiger partial charge >= 0.3 is 5.97 Å². The zero-order chi connectivity index (χ0) is 19.7. The van der Waals surface area contributed by atoms with Gasteiger partial charge in [-0.15, -0.1) is 0 Å². The lowest BCUT2D eigenvalue weighted by Crippen LogP contribution is -1.96. The number of nitrogens with one attached hydrogen (secondary N) is 1. The third-order valence-corrected chi connectivity index (χ3v) is 4.42. The summed E-state index contributed by atoms with van der Waals surface area (Å²) in [5.41, 5.74) is 3.81. The van der Waals surface area contributed by atoms with Crippen molar-refractivity contribution in [3.8, 4) is 17.4 Å². The number of carbonyl (C=O) groups is 1. The molecule has 0 atom stereocenters. The minimum Gasteiger partial charge on any atom is -0.478 e. The van der Waals surface area contributed by atoms with Gasteiger partial charge in [0.05, 0.1) is 22.2 Å². The fourth-order valence-electron chi connectivity index (χ4n) is 3.02. The summed E-state index contributed by atoms with van der Waals surface area (Å²) in [5, 5.41) is 18.6. The van der Waals surface area contributed by atoms with Gasteiger partial charge < -0.3 is 14.5 Å². The molecular weight excluding hydrogens is 354 g/mol. The number of rotatable bonds is 4. The van der Waals surface area contributed by atoms with Crippen molar-refractivity contribution in [3.05, 3.63) is 77.3 Å². The number of H-pyrrole nitrogens is 1. The number of imidazole rings is 1. The first-order chi connectivity index (χ1) is 13.5. The third-order valence-electron chi connectivity index (χ3n) is 4.42. The lowest BCUT2D eigenvalue weighted by atomic mass is 10.0. The molecule has 0 aliphatic heterocycles. The van der Waals surface area contributed by atoms with Crippen LogP contribution >= 0.6 is 0 Å². The fraction of sp³-hybridized carbons (Fsp3) is 0.0455. The molecule has 4 rings (SSSR count). The van der Waals surface area contributed by atoms with Crippen molar-refractivity contribution in [1.29, 1.82) is 5.26 Å². The Morgan fingerprint density at radius 2 is 2.04 bits per heavy atom. The highest BCUT2D eigenvalue weighted by molar-refractivity contribution is 5.90. The molecule has 0 spiro atoms. The number of aromatic carboxylic acids is 1. The zero-order valence-corrected chi connectivity index (χ0v) is 14.9. The summed E-state index contributed by atoms with van der Waals surface area (Å²) in [5.74, 6) is 0.613. The summed E-state index contributed by atoms with van der Waals surface area (Å²) in [6.45, 7) is 1.83. The minimum absolute atomic E-state index is 0.226. The van der Waals surface area contributed by atoms with Crippen LogP contribution < -0.4 is 0 Å². The lowest BCUT2D eigenvalue weighted by molar-refractivity contribution is 0.0697. The van der Waals surface area contributed by atoms with Crippen molar-refractivity contribution in [1.82, 2.24) is 9.97 Å². The van der Waals surface area contributed by atoms with E-state index in [0.717, 1.165) is 22.2 Å². The molecule has 0 radical (unpaired) electrons. The predicted octanol–water partition coefficient (Wildman–Crippen LogP) is 4.89. The van der Waals surface area contributed by atoms with Crippen LogP contribution in [0.4, 0.5) is 0 Å². The SMILES string of the molecule is Cc1cc(C(=O)O)ccc1-c1ccc(C=C(C#N)c2nc3ccccc3[nH]2)o1. The summed E-state index contributed by atoms with van der Waals surface area (Å²) in [6.07, 6.45) is 1.63. The molecule has 4 aromatic rings. The summed E-state index contributed by atoms with van der Waals surface area (Å²) in [7, 11) is 0. The third kappa shape index (κ3) is 3.17. The van der Waals surface area contributed by atoms with E-state index < -0.39 is 5.97 Å². The van der Waals surface area contributed by atoms with Crippen LogP contribution in [0.15, 0.2) is 59.0 Å². The van der Waals surface area contributed by atoms with Crippen LogP contribution in [-0.4, -0.2) is 21.0 Å². The van der Waals surface area contributed by atoms with Crippen LogP contribution in [0.1, 0.15) is 27.5 Å². The Hall–Kier alpha value is -4.11. The summed E-state index contributed by atoms with van der Waals surface area (Å²) < 4.78 is 5.86. The topological polar surface area (TPSA) is 103 Å². The van der Waals surface area contributed by atoms with Crippen molar-refractivity contribution >= 4 is 28.7 Å². The van der Waals surface area contributed by atoms with Crippen LogP contribution in [0.2, 0.25) is 0 Å². The van der Waals surface area contributed by atoms with Gasteiger partial charge in [-0.3, -0.25) is 0 Å². The maximum Gasteiger partial charge on any atom is 0.335 e. The van der Waals surface area contributed by atoms with E-state index in [1.165, 1.54) is 6.07 Å². The number of aryl methyl sites for hydroxylation is 1. The predicted molar refractivity (Wildman–Crippen MR) is 105 cm³/mol. The molecule has 136 valence electrons. The number of para-hydroxylation sites is 2. The molecule has 0 saturated heterocycles. The van der Waals surface area contributed by atoms with Crippen LogP contribution in [0, 0.1) is 18.3 Å². The minimum atomic E-state index is -0.970. The molecule has 2 aromatic heterocycles. The number of carboxylic acids is 1. The molecule has 0 saturated carbocycles. The number of aromatic amines is 1. The summed E-state index contributed by atoms with van der Waals surface area (Å²) in [4.78, 5) is 18.7. The van der Waals surface area contributed by atoms with Crippen LogP contribution in [0.25, 0.3) is 34.0 Å². The number of nitriles is 1. The quantitative estimate of drug-likeness (QED) is 0.498. The van der Waals surface area contributed by atoms with Gasteiger partial charge in [-0.2, -0.15) is 5.26 Å². The van der Waals surface area contributed by atoms with E-state index in [-0.39, 0.29) is 5.56 Å². The number of carboxylic acid groups (broad SMARTS) is 1. The van der Waals surface area contributed by atoms with Gasteiger partial charge in [0.25, 0.3) is 0 Å². The number of benzene rings is 2. The standard InChI is InChI=1S/C22H15N3O3/c1-13-10-14(22(26)27)6-8-17(13)20-9-7-16(28-20)11-15(12-23)21-24-18-4-2-3-5-19(18)25-21/h2-11H,1H3,(H,24,25)(H,26,27). The molecule has 0 bridgehead atoms. The van der Waals surface area contributed by atoms with Gasteiger partial charge in [-0.1, -0.05) is 18.2 Å². The number of nitrogens with zero attached hydrogens (tertiary/aromatic N) is 2. The molecule has 0 unspecified atom stereocenters. The Labute approximate surface area is 160 Å². The van der Waals surface area contributed by atoms with E-state index in [9.17, 15) is 10.1 Å². The Morgan fingerprint density at radius 3 is 2.75 bits per heavy atom. The number of hydrogen-bond acceptors (Lipinski definition) is 4. The Balaban J connectivity index is 1.68. The molecule has 6 heteroatoms. The second-order valence-electron chi connectivity index (χ2n) is 6.31. The number of fused-ring (bicyclic) bond motifs is 1. The average molecular weight is 369 g/mol. The van der Waals surface area contributed by atoms with Crippen molar-refractivity contribution in [2.24, 2.45) is 0 Å². The first-order valence-corrected chi connectivity index (χ1v) is 8.56. The molecule has 2 N–H and O–H groups in total. The van der Waals surface area contributed by atoms with Crippen molar-refractivity contribution in [3.63, 3.8) is 0 Å². The maximum absolute atomic E-state index is 11.1. The molecule has 0 aliphatic carbocycles. The molecular formula is C22H15N3O3. The largest absolute Gasteiger partial charge is 0.478 e. The van der Waals surface area contributed by atoms with E-state index in [1.807, 2.05) is 31.2 Å². The number of allylic oxidation sites excluding steroid dienone is 1. The van der Waals surface area contributed by atoms with Crippen molar-refractivity contribution in [2.75, 3.05) is 0 Å². The zero-order valence-electron chi connectivity index (χ0n) is 14.9. The van der Waals surface area contributed by atoms with Gasteiger partial charge in [0.1, 0.15) is 23.4 Å². The Kier molecular flexibility index (Phi) is 4.26. The molecule has 0 aliphatic rings.